The Morgan fingerprint density at radius 2 is 1.77 bits per heavy atom. The highest BCUT2D eigenvalue weighted by atomic mass is 16.6. The van der Waals surface area contributed by atoms with Crippen LogP contribution >= 0.6 is 0 Å². The number of phenols is 2. The minimum atomic E-state index is -0.608. The average Bonchev–Trinajstić information content (AvgIpc) is 3.30. The third-order valence-electron chi connectivity index (χ3n) is 6.75. The van der Waals surface area contributed by atoms with Gasteiger partial charge in [0.2, 0.25) is 0 Å². The molecule has 0 unspecified atom stereocenters. The fourth-order valence-corrected chi connectivity index (χ4v) is 4.38. The lowest BCUT2D eigenvalue weighted by molar-refractivity contribution is 0.0278. The number of ether oxygens (including phenoxy) is 2. The number of carbonyl (C=O) groups excluding carboxylic acids is 2. The van der Waals surface area contributed by atoms with Gasteiger partial charge in [0.15, 0.2) is 17.3 Å². The normalized spacial score (nSPS) is 11.4. The van der Waals surface area contributed by atoms with E-state index in [9.17, 15) is 19.8 Å². The molecule has 4 rings (SSSR count). The molecule has 0 aliphatic rings. The van der Waals surface area contributed by atoms with E-state index >= 15 is 0 Å². The topological polar surface area (TPSA) is 143 Å². The molecule has 2 aromatic carbocycles. The zero-order valence-corrected chi connectivity index (χ0v) is 25.6. The van der Waals surface area contributed by atoms with Gasteiger partial charge in [0, 0.05) is 49.4 Å². The van der Waals surface area contributed by atoms with Gasteiger partial charge in [0.1, 0.15) is 23.7 Å². The quantitative estimate of drug-likeness (QED) is 0.282. The average molecular weight is 591 g/mol. The first kappa shape index (κ1) is 31.1. The fraction of sp³-hybridized carbons (Fsp3) is 0.387. The summed E-state index contributed by atoms with van der Waals surface area (Å²) in [6.07, 6.45) is 1.28. The zero-order valence-electron chi connectivity index (χ0n) is 25.6. The number of likely N-dealkylation sites (N-methyl/N-ethyl adjacent to an activating group) is 1. The monoisotopic (exact) mass is 590 g/mol. The molecule has 0 radical (unpaired) electrons. The van der Waals surface area contributed by atoms with Crippen molar-refractivity contribution in [1.82, 2.24) is 29.5 Å². The number of hydrogen-bond donors (Lipinski definition) is 2. The highest BCUT2D eigenvalue weighted by Crippen LogP contribution is 2.32. The lowest BCUT2D eigenvalue weighted by Gasteiger charge is -2.24. The van der Waals surface area contributed by atoms with Crippen molar-refractivity contribution in [2.75, 3.05) is 27.2 Å². The number of fused-ring (bicyclic) bond motifs is 1. The van der Waals surface area contributed by atoms with Gasteiger partial charge < -0.3 is 29.5 Å². The van der Waals surface area contributed by atoms with Crippen LogP contribution in [-0.4, -0.2) is 84.6 Å². The smallest absolute Gasteiger partial charge is 0.410 e. The number of hydrogen-bond acceptors (Lipinski definition) is 9. The summed E-state index contributed by atoms with van der Waals surface area (Å²) in [4.78, 5) is 37.9. The summed E-state index contributed by atoms with van der Waals surface area (Å²) in [5, 5.41) is 25.6. The number of aromatic hydroxyl groups is 2. The molecule has 12 heteroatoms. The maximum atomic E-state index is 13.7. The molecule has 0 aliphatic carbocycles. The van der Waals surface area contributed by atoms with Crippen molar-refractivity contribution in [2.45, 2.75) is 53.3 Å². The van der Waals surface area contributed by atoms with Gasteiger partial charge in [0.25, 0.3) is 5.91 Å². The van der Waals surface area contributed by atoms with Crippen LogP contribution < -0.4 is 4.74 Å². The van der Waals surface area contributed by atoms with Crippen LogP contribution in [0.5, 0.6) is 17.2 Å². The predicted octanol–water partition coefficient (Wildman–Crippen LogP) is 4.75. The summed E-state index contributed by atoms with van der Waals surface area (Å²) in [7, 11) is 3.28. The molecular formula is C31H38N6O6. The van der Waals surface area contributed by atoms with Gasteiger partial charge in [-0.1, -0.05) is 0 Å². The SMILES string of the molecule is CCn1ncc(CN(C)C(=O)c2nc(-c3ccc(OCCN(C)C(=O)OC(C)(C)C)c(O)c3)nc3ccc(O)cc23)c1C. The second-order valence-corrected chi connectivity index (χ2v) is 11.3. The molecule has 0 atom stereocenters. The lowest BCUT2D eigenvalue weighted by atomic mass is 10.1. The Labute approximate surface area is 250 Å². The summed E-state index contributed by atoms with van der Waals surface area (Å²) in [5.41, 5.74) is 2.31. The molecule has 0 fully saturated rings. The second-order valence-electron chi connectivity index (χ2n) is 11.3. The molecule has 0 bridgehead atoms. The third-order valence-corrected chi connectivity index (χ3v) is 6.75. The Morgan fingerprint density at radius 1 is 1.02 bits per heavy atom. The fourth-order valence-electron chi connectivity index (χ4n) is 4.38. The molecule has 4 aromatic rings. The molecule has 2 amide bonds. The van der Waals surface area contributed by atoms with Crippen LogP contribution in [-0.2, 0) is 17.8 Å². The van der Waals surface area contributed by atoms with E-state index < -0.39 is 11.7 Å². The minimum absolute atomic E-state index is 0.0166. The molecule has 2 aromatic heterocycles. The molecule has 0 spiro atoms. The maximum absolute atomic E-state index is 13.7. The van der Waals surface area contributed by atoms with Crippen LogP contribution in [0, 0.1) is 6.92 Å². The zero-order chi connectivity index (χ0) is 31.5. The number of nitrogens with zero attached hydrogens (tertiary/aromatic N) is 6. The predicted molar refractivity (Wildman–Crippen MR) is 161 cm³/mol. The molecule has 0 aliphatic heterocycles. The Hall–Kier alpha value is -4.87. The van der Waals surface area contributed by atoms with E-state index in [0.29, 0.717) is 23.0 Å². The number of aromatic nitrogens is 4. The van der Waals surface area contributed by atoms with Crippen molar-refractivity contribution in [3.8, 4) is 28.6 Å². The van der Waals surface area contributed by atoms with Crippen molar-refractivity contribution < 1.29 is 29.3 Å². The molecule has 2 heterocycles. The first-order chi connectivity index (χ1) is 20.3. The van der Waals surface area contributed by atoms with Gasteiger partial charge in [-0.05, 0) is 71.0 Å². The Balaban J connectivity index is 1.56. The Morgan fingerprint density at radius 3 is 2.42 bits per heavy atom. The number of phenolic OH excluding ortho intramolecular Hbond substituents is 2. The molecule has 228 valence electrons. The number of aryl methyl sites for hydroxylation is 1. The van der Waals surface area contributed by atoms with Crippen LogP contribution in [0.1, 0.15) is 49.4 Å². The molecule has 0 saturated carbocycles. The van der Waals surface area contributed by atoms with Crippen molar-refractivity contribution in [3.05, 3.63) is 59.5 Å². The van der Waals surface area contributed by atoms with E-state index in [1.54, 1.807) is 64.2 Å². The molecule has 0 saturated heterocycles. The molecule has 43 heavy (non-hydrogen) atoms. The van der Waals surface area contributed by atoms with Gasteiger partial charge >= 0.3 is 6.09 Å². The largest absolute Gasteiger partial charge is 0.508 e. The standard InChI is InChI=1S/C31H38N6O6/c1-8-37-19(2)21(17-32-37)18-36(7)29(40)27-23-16-22(38)10-11-24(23)33-28(34-27)20-9-12-26(25(39)15-20)42-14-13-35(6)30(41)43-31(3,4)5/h9-12,15-17,38-39H,8,13-14,18H2,1-7H3. The number of rotatable bonds is 9. The van der Waals surface area contributed by atoms with E-state index in [-0.39, 0.29) is 47.8 Å². The first-order valence-corrected chi connectivity index (χ1v) is 13.9. The molecule has 12 nitrogen and oxygen atoms in total. The van der Waals surface area contributed by atoms with E-state index in [4.69, 9.17) is 9.47 Å². The minimum Gasteiger partial charge on any atom is -0.508 e. The summed E-state index contributed by atoms with van der Waals surface area (Å²) >= 11 is 0. The van der Waals surface area contributed by atoms with E-state index in [1.165, 1.54) is 23.1 Å². The van der Waals surface area contributed by atoms with Crippen LogP contribution in [0.15, 0.2) is 42.6 Å². The third kappa shape index (κ3) is 7.32. The number of carbonyl (C=O) groups is 2. The molecular weight excluding hydrogens is 552 g/mol. The summed E-state index contributed by atoms with van der Waals surface area (Å²) in [6.45, 7) is 10.7. The van der Waals surface area contributed by atoms with Gasteiger partial charge in [-0.15, -0.1) is 0 Å². The van der Waals surface area contributed by atoms with E-state index in [1.807, 2.05) is 18.5 Å². The molecule has 2 N–H and O–H groups in total. The van der Waals surface area contributed by atoms with Gasteiger partial charge in [0.05, 0.1) is 18.3 Å². The summed E-state index contributed by atoms with van der Waals surface area (Å²) < 4.78 is 12.9. The van der Waals surface area contributed by atoms with Gasteiger partial charge in [-0.25, -0.2) is 14.8 Å². The van der Waals surface area contributed by atoms with Crippen molar-refractivity contribution in [3.63, 3.8) is 0 Å². The maximum Gasteiger partial charge on any atom is 0.410 e. The number of amides is 2. The van der Waals surface area contributed by atoms with Crippen LogP contribution in [0.3, 0.4) is 0 Å². The van der Waals surface area contributed by atoms with E-state index in [2.05, 4.69) is 15.1 Å². The van der Waals surface area contributed by atoms with Gasteiger partial charge in [-0.3, -0.25) is 9.48 Å². The van der Waals surface area contributed by atoms with Gasteiger partial charge in [-0.2, -0.15) is 5.10 Å². The van der Waals surface area contributed by atoms with Crippen molar-refractivity contribution in [2.24, 2.45) is 0 Å². The van der Waals surface area contributed by atoms with Crippen molar-refractivity contribution >= 4 is 22.9 Å². The number of benzene rings is 2. The summed E-state index contributed by atoms with van der Waals surface area (Å²) in [5.74, 6) is -0.0963. The Bertz CT molecular complexity index is 1640. The lowest BCUT2D eigenvalue weighted by Crippen LogP contribution is -2.36. The van der Waals surface area contributed by atoms with Crippen LogP contribution in [0.2, 0.25) is 0 Å². The first-order valence-electron chi connectivity index (χ1n) is 13.9. The van der Waals surface area contributed by atoms with Crippen LogP contribution in [0.25, 0.3) is 22.3 Å². The second kappa shape index (κ2) is 12.6. The Kier molecular flexibility index (Phi) is 9.07. The highest BCUT2D eigenvalue weighted by Gasteiger charge is 2.22. The van der Waals surface area contributed by atoms with E-state index in [0.717, 1.165) is 17.8 Å². The van der Waals surface area contributed by atoms with Crippen molar-refractivity contribution in [1.29, 1.82) is 0 Å². The highest BCUT2D eigenvalue weighted by molar-refractivity contribution is 6.05. The summed E-state index contributed by atoms with van der Waals surface area (Å²) in [6, 6.07) is 9.26. The van der Waals surface area contributed by atoms with Crippen LogP contribution in [0.4, 0.5) is 4.79 Å².